The van der Waals surface area contributed by atoms with E-state index >= 15 is 0 Å². The van der Waals surface area contributed by atoms with E-state index < -0.39 is 0 Å². The average Bonchev–Trinajstić information content (AvgIpc) is 3.64. The first kappa shape index (κ1) is 23.1. The minimum atomic E-state index is -0.322. The predicted octanol–water partition coefficient (Wildman–Crippen LogP) is 3.92. The molecule has 34 heavy (non-hydrogen) atoms. The van der Waals surface area contributed by atoms with E-state index in [4.69, 9.17) is 9.47 Å². The molecule has 0 unspecified atom stereocenters. The predicted molar refractivity (Wildman–Crippen MR) is 130 cm³/mol. The van der Waals surface area contributed by atoms with E-state index in [1.807, 2.05) is 54.7 Å². The van der Waals surface area contributed by atoms with Crippen molar-refractivity contribution in [2.75, 3.05) is 32.6 Å². The summed E-state index contributed by atoms with van der Waals surface area (Å²) < 4.78 is 12.3. The van der Waals surface area contributed by atoms with Gasteiger partial charge in [0.05, 0.1) is 19.9 Å². The molecule has 0 spiro atoms. The molecule has 0 aliphatic heterocycles. The van der Waals surface area contributed by atoms with Gasteiger partial charge in [0.1, 0.15) is 18.0 Å². The molecule has 176 valence electrons. The highest BCUT2D eigenvalue weighted by Crippen LogP contribution is 2.31. The molecule has 1 saturated carbocycles. The van der Waals surface area contributed by atoms with Crippen molar-refractivity contribution in [1.29, 1.82) is 0 Å². The Hall–Kier alpha value is -4.07. The number of methoxy groups -OCH3 is 2. The SMILES string of the molecule is C=CCN(CC(=O)Nc1nc(-c2ccc(OC)cc2)cn1-c1ccc(OC)cc1)C(=O)C1CC1. The number of nitrogens with one attached hydrogen (secondary N) is 1. The highest BCUT2D eigenvalue weighted by atomic mass is 16.5. The Balaban J connectivity index is 1.61. The molecule has 3 aromatic rings. The molecule has 1 aromatic heterocycles. The molecule has 8 nitrogen and oxygen atoms in total. The molecule has 0 saturated heterocycles. The maximum Gasteiger partial charge on any atom is 0.246 e. The summed E-state index contributed by atoms with van der Waals surface area (Å²) in [7, 11) is 3.22. The Bertz CT molecular complexity index is 1160. The van der Waals surface area contributed by atoms with Gasteiger partial charge < -0.3 is 14.4 Å². The van der Waals surface area contributed by atoms with Crippen LogP contribution in [0.4, 0.5) is 5.95 Å². The van der Waals surface area contributed by atoms with Crippen LogP contribution < -0.4 is 14.8 Å². The van der Waals surface area contributed by atoms with Crippen molar-refractivity contribution in [2.24, 2.45) is 5.92 Å². The fraction of sp³-hybridized carbons (Fsp3) is 0.269. The number of hydrogen-bond donors (Lipinski definition) is 1. The van der Waals surface area contributed by atoms with Crippen molar-refractivity contribution >= 4 is 17.8 Å². The molecular formula is C26H28N4O4. The van der Waals surface area contributed by atoms with Crippen LogP contribution >= 0.6 is 0 Å². The van der Waals surface area contributed by atoms with Gasteiger partial charge in [0.15, 0.2) is 0 Å². The van der Waals surface area contributed by atoms with E-state index in [0.29, 0.717) is 18.2 Å². The number of carbonyl (C=O) groups excluding carboxylic acids is 2. The molecule has 2 aromatic carbocycles. The number of carbonyl (C=O) groups is 2. The number of benzene rings is 2. The zero-order valence-electron chi connectivity index (χ0n) is 19.4. The normalized spacial score (nSPS) is 12.6. The lowest BCUT2D eigenvalue weighted by Gasteiger charge is -2.20. The Kier molecular flexibility index (Phi) is 6.96. The van der Waals surface area contributed by atoms with E-state index in [9.17, 15) is 9.59 Å². The summed E-state index contributed by atoms with van der Waals surface area (Å²) in [5.74, 6) is 1.53. The van der Waals surface area contributed by atoms with Crippen molar-refractivity contribution < 1.29 is 19.1 Å². The minimum Gasteiger partial charge on any atom is -0.497 e. The molecular weight excluding hydrogens is 432 g/mol. The van der Waals surface area contributed by atoms with Crippen molar-refractivity contribution in [2.45, 2.75) is 12.8 Å². The number of amides is 2. The number of nitrogens with zero attached hydrogens (tertiary/aromatic N) is 3. The lowest BCUT2D eigenvalue weighted by atomic mass is 10.1. The molecule has 1 fully saturated rings. The van der Waals surface area contributed by atoms with Crippen LogP contribution in [0.5, 0.6) is 11.5 Å². The van der Waals surface area contributed by atoms with Gasteiger partial charge in [-0.1, -0.05) is 6.08 Å². The second-order valence-corrected chi connectivity index (χ2v) is 8.08. The molecule has 0 radical (unpaired) electrons. The van der Waals surface area contributed by atoms with E-state index in [-0.39, 0.29) is 24.3 Å². The van der Waals surface area contributed by atoms with E-state index in [2.05, 4.69) is 16.9 Å². The highest BCUT2D eigenvalue weighted by molar-refractivity contribution is 5.94. The van der Waals surface area contributed by atoms with Crippen LogP contribution in [0.3, 0.4) is 0 Å². The van der Waals surface area contributed by atoms with Gasteiger partial charge in [0, 0.05) is 29.9 Å². The summed E-state index contributed by atoms with van der Waals surface area (Å²) in [4.78, 5) is 31.7. The average molecular weight is 461 g/mol. The molecule has 1 heterocycles. The second-order valence-electron chi connectivity index (χ2n) is 8.08. The maximum absolute atomic E-state index is 12.9. The summed E-state index contributed by atoms with van der Waals surface area (Å²) in [6, 6.07) is 15.0. The number of ether oxygens (including phenoxy) is 2. The van der Waals surface area contributed by atoms with Crippen molar-refractivity contribution in [3.8, 4) is 28.4 Å². The van der Waals surface area contributed by atoms with Gasteiger partial charge in [-0.3, -0.25) is 19.5 Å². The largest absolute Gasteiger partial charge is 0.497 e. The molecule has 2 amide bonds. The highest BCUT2D eigenvalue weighted by Gasteiger charge is 2.33. The summed E-state index contributed by atoms with van der Waals surface area (Å²) in [6.45, 7) is 3.98. The lowest BCUT2D eigenvalue weighted by molar-refractivity contribution is -0.135. The van der Waals surface area contributed by atoms with Crippen LogP contribution in [0.15, 0.2) is 67.4 Å². The number of imidazole rings is 1. The summed E-state index contributed by atoms with van der Waals surface area (Å²) in [5.41, 5.74) is 2.37. The first-order chi connectivity index (χ1) is 16.5. The third kappa shape index (κ3) is 5.28. The van der Waals surface area contributed by atoms with Crippen LogP contribution in [0.25, 0.3) is 16.9 Å². The summed E-state index contributed by atoms with van der Waals surface area (Å²) >= 11 is 0. The molecule has 0 bridgehead atoms. The molecule has 1 aliphatic carbocycles. The lowest BCUT2D eigenvalue weighted by Crippen LogP contribution is -2.39. The van der Waals surface area contributed by atoms with Gasteiger partial charge in [-0.25, -0.2) is 4.98 Å². The Morgan fingerprint density at radius 2 is 1.71 bits per heavy atom. The van der Waals surface area contributed by atoms with Crippen LogP contribution in [0.2, 0.25) is 0 Å². The monoisotopic (exact) mass is 460 g/mol. The zero-order valence-corrected chi connectivity index (χ0v) is 19.4. The fourth-order valence-corrected chi connectivity index (χ4v) is 3.62. The van der Waals surface area contributed by atoms with Crippen LogP contribution in [-0.2, 0) is 9.59 Å². The summed E-state index contributed by atoms with van der Waals surface area (Å²) in [5, 5.41) is 2.88. The maximum atomic E-state index is 12.9. The van der Waals surface area contributed by atoms with Crippen molar-refractivity contribution in [3.05, 3.63) is 67.4 Å². The molecule has 1 aliphatic rings. The topological polar surface area (TPSA) is 85.7 Å². The van der Waals surface area contributed by atoms with Crippen LogP contribution in [-0.4, -0.2) is 53.6 Å². The van der Waals surface area contributed by atoms with Gasteiger partial charge in [0.25, 0.3) is 0 Å². The van der Waals surface area contributed by atoms with Crippen LogP contribution in [0, 0.1) is 5.92 Å². The van der Waals surface area contributed by atoms with Gasteiger partial charge in [0.2, 0.25) is 17.8 Å². The number of rotatable bonds is 10. The number of aromatic nitrogens is 2. The van der Waals surface area contributed by atoms with Crippen LogP contribution in [0.1, 0.15) is 12.8 Å². The van der Waals surface area contributed by atoms with Crippen molar-refractivity contribution in [3.63, 3.8) is 0 Å². The van der Waals surface area contributed by atoms with E-state index in [1.165, 1.54) is 4.90 Å². The molecule has 8 heteroatoms. The third-order valence-corrected chi connectivity index (χ3v) is 5.62. The Morgan fingerprint density at radius 3 is 2.26 bits per heavy atom. The van der Waals surface area contributed by atoms with E-state index in [0.717, 1.165) is 35.6 Å². The molecule has 4 rings (SSSR count). The molecule has 1 N–H and O–H groups in total. The third-order valence-electron chi connectivity index (χ3n) is 5.62. The zero-order chi connectivity index (χ0) is 24.1. The Morgan fingerprint density at radius 1 is 1.09 bits per heavy atom. The number of hydrogen-bond acceptors (Lipinski definition) is 5. The summed E-state index contributed by atoms with van der Waals surface area (Å²) in [6.07, 6.45) is 5.24. The van der Waals surface area contributed by atoms with Gasteiger partial charge in [-0.15, -0.1) is 6.58 Å². The quantitative estimate of drug-likeness (QED) is 0.464. The first-order valence-corrected chi connectivity index (χ1v) is 11.1. The standard InChI is InChI=1S/C26H28N4O4/c1-4-15-29(25(32)19-5-6-19)17-24(31)28-26-27-23(18-7-11-21(33-2)12-8-18)16-30(26)20-9-13-22(34-3)14-10-20/h4,7-14,16,19H,1,5-6,15,17H2,2-3H3,(H,27,28,31). The van der Waals surface area contributed by atoms with Gasteiger partial charge in [-0.05, 0) is 61.4 Å². The Labute approximate surface area is 198 Å². The smallest absolute Gasteiger partial charge is 0.246 e. The number of anilines is 1. The van der Waals surface area contributed by atoms with Gasteiger partial charge >= 0.3 is 0 Å². The second kappa shape index (κ2) is 10.2. The minimum absolute atomic E-state index is 0.00697. The molecule has 0 atom stereocenters. The van der Waals surface area contributed by atoms with Crippen molar-refractivity contribution in [1.82, 2.24) is 14.5 Å². The fourth-order valence-electron chi connectivity index (χ4n) is 3.62. The first-order valence-electron chi connectivity index (χ1n) is 11.1. The van der Waals surface area contributed by atoms with E-state index in [1.54, 1.807) is 24.9 Å². The van der Waals surface area contributed by atoms with Gasteiger partial charge in [-0.2, -0.15) is 0 Å².